The summed E-state index contributed by atoms with van der Waals surface area (Å²) in [5, 5.41) is 0. The third-order valence-electron chi connectivity index (χ3n) is 3.46. The number of carbonyl (C=O) groups excluding carboxylic acids is 1. The van der Waals surface area contributed by atoms with E-state index in [1.54, 1.807) is 4.90 Å². The standard InChI is InChI=1S/C17H18INO/c1-4-13-8-10-14(11-9-13)19(3)17(20)15-7-5-6-12(2)16(15)18/h5-11H,4H2,1-3H3. The molecule has 3 heteroatoms. The molecule has 0 fully saturated rings. The van der Waals surface area contributed by atoms with Crippen molar-refractivity contribution in [1.82, 2.24) is 0 Å². The van der Waals surface area contributed by atoms with Crippen LogP contribution in [-0.4, -0.2) is 13.0 Å². The van der Waals surface area contributed by atoms with Crippen LogP contribution in [0.4, 0.5) is 5.69 Å². The molecule has 0 N–H and O–H groups in total. The maximum atomic E-state index is 12.6. The summed E-state index contributed by atoms with van der Waals surface area (Å²) in [5.74, 6) is 0.0300. The molecule has 0 atom stereocenters. The van der Waals surface area contributed by atoms with Crippen LogP contribution in [-0.2, 0) is 6.42 Å². The highest BCUT2D eigenvalue weighted by atomic mass is 127. The molecule has 2 aromatic rings. The van der Waals surface area contributed by atoms with Crippen molar-refractivity contribution >= 4 is 34.2 Å². The van der Waals surface area contributed by atoms with Crippen molar-refractivity contribution in [3.63, 3.8) is 0 Å². The third-order valence-corrected chi connectivity index (χ3v) is 4.89. The Labute approximate surface area is 133 Å². The van der Waals surface area contributed by atoms with Gasteiger partial charge in [-0.2, -0.15) is 0 Å². The predicted molar refractivity (Wildman–Crippen MR) is 92.4 cm³/mol. The van der Waals surface area contributed by atoms with Gasteiger partial charge in [-0.15, -0.1) is 0 Å². The summed E-state index contributed by atoms with van der Waals surface area (Å²) in [6.07, 6.45) is 1.01. The van der Waals surface area contributed by atoms with Gasteiger partial charge in [-0.25, -0.2) is 0 Å². The lowest BCUT2D eigenvalue weighted by atomic mass is 10.1. The molecule has 0 unspecified atom stereocenters. The molecule has 0 saturated heterocycles. The molecule has 0 spiro atoms. The van der Waals surface area contributed by atoms with E-state index in [1.807, 2.05) is 44.3 Å². The molecule has 104 valence electrons. The van der Waals surface area contributed by atoms with Gasteiger partial charge in [0.25, 0.3) is 5.91 Å². The van der Waals surface area contributed by atoms with E-state index in [-0.39, 0.29) is 5.91 Å². The number of carbonyl (C=O) groups is 1. The van der Waals surface area contributed by atoms with Crippen LogP contribution in [0.5, 0.6) is 0 Å². The van der Waals surface area contributed by atoms with Crippen LogP contribution < -0.4 is 4.90 Å². The number of nitrogens with zero attached hydrogens (tertiary/aromatic N) is 1. The Morgan fingerprint density at radius 3 is 2.40 bits per heavy atom. The molecule has 0 radical (unpaired) electrons. The third kappa shape index (κ3) is 3.03. The Morgan fingerprint density at radius 1 is 1.15 bits per heavy atom. The summed E-state index contributed by atoms with van der Waals surface area (Å²) in [7, 11) is 1.82. The van der Waals surface area contributed by atoms with Gasteiger partial charge in [-0.3, -0.25) is 4.79 Å². The van der Waals surface area contributed by atoms with E-state index in [0.717, 1.165) is 26.8 Å². The number of hydrogen-bond donors (Lipinski definition) is 0. The summed E-state index contributed by atoms with van der Waals surface area (Å²) < 4.78 is 1.02. The van der Waals surface area contributed by atoms with Gasteiger partial charge >= 0.3 is 0 Å². The fraction of sp³-hybridized carbons (Fsp3) is 0.235. The summed E-state index contributed by atoms with van der Waals surface area (Å²) in [5.41, 5.74) is 4.09. The van der Waals surface area contributed by atoms with Crippen LogP contribution >= 0.6 is 22.6 Å². The van der Waals surface area contributed by atoms with Gasteiger partial charge < -0.3 is 4.90 Å². The second-order valence-corrected chi connectivity index (χ2v) is 5.90. The normalized spacial score (nSPS) is 10.4. The van der Waals surface area contributed by atoms with Crippen LogP contribution in [0.25, 0.3) is 0 Å². The molecule has 2 rings (SSSR count). The Hall–Kier alpha value is -1.36. The minimum Gasteiger partial charge on any atom is -0.311 e. The first-order chi connectivity index (χ1) is 9.54. The van der Waals surface area contributed by atoms with Gasteiger partial charge in [-0.05, 0) is 65.3 Å². The van der Waals surface area contributed by atoms with Gasteiger partial charge in [0.1, 0.15) is 0 Å². The fourth-order valence-electron chi connectivity index (χ4n) is 2.07. The van der Waals surface area contributed by atoms with Crippen LogP contribution in [0.3, 0.4) is 0 Å². The van der Waals surface area contributed by atoms with Crippen molar-refractivity contribution in [2.75, 3.05) is 11.9 Å². The highest BCUT2D eigenvalue weighted by Gasteiger charge is 2.16. The first kappa shape index (κ1) is 15.0. The second-order valence-electron chi connectivity index (χ2n) is 4.82. The van der Waals surface area contributed by atoms with Crippen molar-refractivity contribution in [3.05, 3.63) is 62.7 Å². The van der Waals surface area contributed by atoms with Crippen molar-refractivity contribution in [2.45, 2.75) is 20.3 Å². The number of aryl methyl sites for hydroxylation is 2. The molecule has 2 nitrogen and oxygen atoms in total. The minimum atomic E-state index is 0.0300. The zero-order valence-corrected chi connectivity index (χ0v) is 14.1. The second kappa shape index (κ2) is 6.39. The molecule has 2 aromatic carbocycles. The van der Waals surface area contributed by atoms with Crippen molar-refractivity contribution in [1.29, 1.82) is 0 Å². The van der Waals surface area contributed by atoms with Crippen LogP contribution in [0, 0.1) is 10.5 Å². The average Bonchev–Trinajstić information content (AvgIpc) is 2.48. The summed E-state index contributed by atoms with van der Waals surface area (Å²) >= 11 is 2.24. The quantitative estimate of drug-likeness (QED) is 0.723. The Kier molecular flexibility index (Phi) is 4.81. The van der Waals surface area contributed by atoms with Gasteiger partial charge in [0.2, 0.25) is 0 Å². The highest BCUT2D eigenvalue weighted by Crippen LogP contribution is 2.21. The lowest BCUT2D eigenvalue weighted by Crippen LogP contribution is -2.27. The van der Waals surface area contributed by atoms with Crippen molar-refractivity contribution < 1.29 is 4.79 Å². The zero-order chi connectivity index (χ0) is 14.7. The van der Waals surface area contributed by atoms with E-state index in [1.165, 1.54) is 5.56 Å². The number of benzene rings is 2. The van der Waals surface area contributed by atoms with E-state index >= 15 is 0 Å². The summed E-state index contributed by atoms with van der Waals surface area (Å²) in [4.78, 5) is 14.3. The summed E-state index contributed by atoms with van der Waals surface area (Å²) in [6, 6.07) is 14.0. The average molecular weight is 379 g/mol. The van der Waals surface area contributed by atoms with Crippen molar-refractivity contribution in [3.8, 4) is 0 Å². The highest BCUT2D eigenvalue weighted by molar-refractivity contribution is 14.1. The largest absolute Gasteiger partial charge is 0.311 e. The van der Waals surface area contributed by atoms with E-state index in [0.29, 0.717) is 0 Å². The van der Waals surface area contributed by atoms with E-state index < -0.39 is 0 Å². The molecule has 0 aliphatic rings. The van der Waals surface area contributed by atoms with Crippen molar-refractivity contribution in [2.24, 2.45) is 0 Å². The molecular formula is C17H18INO. The van der Waals surface area contributed by atoms with Gasteiger partial charge in [0, 0.05) is 16.3 Å². The topological polar surface area (TPSA) is 20.3 Å². The minimum absolute atomic E-state index is 0.0300. The first-order valence-corrected chi connectivity index (χ1v) is 7.74. The van der Waals surface area contributed by atoms with Gasteiger partial charge in [0.15, 0.2) is 0 Å². The molecule has 0 aliphatic heterocycles. The molecule has 0 bridgehead atoms. The maximum absolute atomic E-state index is 12.6. The number of hydrogen-bond acceptors (Lipinski definition) is 1. The molecule has 0 saturated carbocycles. The van der Waals surface area contributed by atoms with Gasteiger partial charge in [-0.1, -0.05) is 31.2 Å². The predicted octanol–water partition coefficient (Wildman–Crippen LogP) is 4.44. The van der Waals surface area contributed by atoms with E-state index in [4.69, 9.17) is 0 Å². The molecule has 0 aromatic heterocycles. The summed E-state index contributed by atoms with van der Waals surface area (Å²) in [6.45, 7) is 4.15. The van der Waals surface area contributed by atoms with Crippen LogP contribution in [0.15, 0.2) is 42.5 Å². The van der Waals surface area contributed by atoms with Crippen LogP contribution in [0.2, 0.25) is 0 Å². The van der Waals surface area contributed by atoms with E-state index in [2.05, 4.69) is 41.6 Å². The number of anilines is 1. The Morgan fingerprint density at radius 2 is 1.80 bits per heavy atom. The lowest BCUT2D eigenvalue weighted by Gasteiger charge is -2.19. The van der Waals surface area contributed by atoms with Gasteiger partial charge in [0.05, 0.1) is 5.56 Å². The molecule has 0 heterocycles. The molecule has 0 aliphatic carbocycles. The number of halogens is 1. The SMILES string of the molecule is CCc1ccc(N(C)C(=O)c2cccc(C)c2I)cc1. The number of rotatable bonds is 3. The zero-order valence-electron chi connectivity index (χ0n) is 12.0. The Balaban J connectivity index is 2.29. The number of amides is 1. The molecule has 20 heavy (non-hydrogen) atoms. The monoisotopic (exact) mass is 379 g/mol. The first-order valence-electron chi connectivity index (χ1n) is 6.66. The van der Waals surface area contributed by atoms with Crippen LogP contribution in [0.1, 0.15) is 28.4 Å². The van der Waals surface area contributed by atoms with E-state index in [9.17, 15) is 4.79 Å². The maximum Gasteiger partial charge on any atom is 0.259 e. The molecule has 1 amide bonds. The lowest BCUT2D eigenvalue weighted by molar-refractivity contribution is 0.0992. The smallest absolute Gasteiger partial charge is 0.259 e. The Bertz CT molecular complexity index is 619. The molecular weight excluding hydrogens is 361 g/mol. The fourth-order valence-corrected chi connectivity index (χ4v) is 2.66.